The number of aliphatic hydroxyl groups is 4. The van der Waals surface area contributed by atoms with Crippen LogP contribution < -0.4 is 0 Å². The fourth-order valence-corrected chi connectivity index (χ4v) is 5.66. The first kappa shape index (κ1) is 54.9. The van der Waals surface area contributed by atoms with Gasteiger partial charge in [-0.05, 0) is 83.5 Å². The molecule has 3 unspecified atom stereocenters. The molecule has 61 heavy (non-hydrogen) atoms. The molecule has 0 amide bonds. The van der Waals surface area contributed by atoms with Gasteiger partial charge in [0, 0.05) is 12.8 Å². The first-order chi connectivity index (χ1) is 29.8. The molecule has 0 saturated carbocycles. The van der Waals surface area contributed by atoms with Crippen molar-refractivity contribution < 1.29 is 49.0 Å². The highest BCUT2D eigenvalue weighted by Crippen LogP contribution is 2.22. The second kappa shape index (κ2) is 39.9. The van der Waals surface area contributed by atoms with E-state index < -0.39 is 55.4 Å². The molecule has 0 aromatic carbocycles. The summed E-state index contributed by atoms with van der Waals surface area (Å²) in [5, 5.41) is 40.0. The molecule has 0 aromatic heterocycles. The quantitative estimate of drug-likeness (QED) is 0.0213. The number of carbonyl (C=O) groups excluding carboxylic acids is 2. The minimum atomic E-state index is -1.62. The summed E-state index contributed by atoms with van der Waals surface area (Å²) in [6.45, 7) is 3.03. The molecule has 1 aliphatic rings. The van der Waals surface area contributed by atoms with Crippen LogP contribution in [0.25, 0.3) is 0 Å². The van der Waals surface area contributed by atoms with Crippen LogP contribution in [0.5, 0.6) is 0 Å². The molecule has 0 spiro atoms. The third kappa shape index (κ3) is 31.4. The van der Waals surface area contributed by atoms with E-state index in [1.54, 1.807) is 0 Å². The van der Waals surface area contributed by atoms with E-state index in [1.165, 1.54) is 0 Å². The van der Waals surface area contributed by atoms with Crippen LogP contribution >= 0.6 is 0 Å². The lowest BCUT2D eigenvalue weighted by atomic mass is 9.99. The van der Waals surface area contributed by atoms with Gasteiger partial charge in [-0.25, -0.2) is 0 Å². The Bertz CT molecular complexity index is 1440. The first-order valence-electron chi connectivity index (χ1n) is 22.3. The third-order valence-electron chi connectivity index (χ3n) is 9.13. The van der Waals surface area contributed by atoms with E-state index in [-0.39, 0.29) is 26.1 Å². The Hall–Kier alpha value is -4.16. The van der Waals surface area contributed by atoms with E-state index in [0.717, 1.165) is 70.6 Å². The van der Waals surface area contributed by atoms with E-state index in [2.05, 4.69) is 105 Å². The molecule has 0 bridgehead atoms. The molecule has 10 heteroatoms. The maximum Gasteiger partial charge on any atom is 0.306 e. The highest BCUT2D eigenvalue weighted by atomic mass is 16.7. The molecule has 1 heterocycles. The van der Waals surface area contributed by atoms with Gasteiger partial charge < -0.3 is 39.4 Å². The number of aliphatic hydroxyl groups excluding tert-OH is 4. The van der Waals surface area contributed by atoms with Crippen molar-refractivity contribution in [2.24, 2.45) is 0 Å². The Morgan fingerprint density at radius 1 is 0.525 bits per heavy atom. The maximum atomic E-state index is 12.7. The molecule has 1 saturated heterocycles. The van der Waals surface area contributed by atoms with Crippen LogP contribution in [-0.2, 0) is 28.5 Å². The number of ether oxygens (including phenoxy) is 4. The largest absolute Gasteiger partial charge is 0.462 e. The summed E-state index contributed by atoms with van der Waals surface area (Å²) in [5.41, 5.74) is 0. The SMILES string of the molecule is CC/C=C/C=C/C=C/C=C/CCCCCC(=O)OC(COC(=O)CCC/C=C/C/C=C/C/C=C/C/C=C/C/C=C/C/C=C/C/C=C/CC)CO[C@H]1O[C@@H](CO)[C@@H](O)C(O)C1O. The molecular weight excluding hydrogens is 773 g/mol. The van der Waals surface area contributed by atoms with E-state index in [1.807, 2.05) is 42.5 Å². The first-order valence-corrected chi connectivity index (χ1v) is 22.3. The van der Waals surface area contributed by atoms with E-state index in [4.69, 9.17) is 18.9 Å². The molecule has 4 N–H and O–H groups in total. The second-order valence-corrected chi connectivity index (χ2v) is 14.5. The molecular formula is C51H76O10. The Labute approximate surface area is 366 Å². The number of unbranched alkanes of at least 4 members (excludes halogenated alkanes) is 4. The summed E-state index contributed by atoms with van der Waals surface area (Å²) in [5.74, 6) is -0.940. The van der Waals surface area contributed by atoms with Gasteiger partial charge >= 0.3 is 11.9 Å². The average Bonchev–Trinajstić information content (AvgIpc) is 3.26. The Morgan fingerprint density at radius 3 is 1.57 bits per heavy atom. The van der Waals surface area contributed by atoms with Gasteiger partial charge in [0.05, 0.1) is 13.2 Å². The number of hydrogen-bond donors (Lipinski definition) is 4. The van der Waals surface area contributed by atoms with Crippen LogP contribution in [0, 0.1) is 0 Å². The van der Waals surface area contributed by atoms with Crippen molar-refractivity contribution in [1.82, 2.24) is 0 Å². The van der Waals surface area contributed by atoms with E-state index in [9.17, 15) is 30.0 Å². The topological polar surface area (TPSA) is 152 Å². The molecule has 6 atom stereocenters. The maximum absolute atomic E-state index is 12.7. The Morgan fingerprint density at radius 2 is 1.02 bits per heavy atom. The van der Waals surface area contributed by atoms with Crippen LogP contribution in [0.15, 0.2) is 134 Å². The minimum Gasteiger partial charge on any atom is -0.462 e. The lowest BCUT2D eigenvalue weighted by Crippen LogP contribution is -2.59. The van der Waals surface area contributed by atoms with Crippen LogP contribution in [0.3, 0.4) is 0 Å². The second-order valence-electron chi connectivity index (χ2n) is 14.5. The average molecular weight is 849 g/mol. The summed E-state index contributed by atoms with van der Waals surface area (Å²) >= 11 is 0. The van der Waals surface area contributed by atoms with Gasteiger partial charge in [-0.1, -0.05) is 154 Å². The number of carbonyl (C=O) groups is 2. The molecule has 0 aromatic rings. The van der Waals surface area contributed by atoms with Crippen LogP contribution in [0.2, 0.25) is 0 Å². The van der Waals surface area contributed by atoms with Crippen molar-refractivity contribution in [2.45, 2.75) is 153 Å². The van der Waals surface area contributed by atoms with Crippen molar-refractivity contribution in [3.8, 4) is 0 Å². The van der Waals surface area contributed by atoms with Crippen LogP contribution in [0.4, 0.5) is 0 Å². The third-order valence-corrected chi connectivity index (χ3v) is 9.13. The minimum absolute atomic E-state index is 0.162. The Kier molecular flexibility index (Phi) is 35.9. The fourth-order valence-electron chi connectivity index (χ4n) is 5.66. The number of esters is 2. The van der Waals surface area contributed by atoms with Gasteiger partial charge in [0.15, 0.2) is 12.4 Å². The monoisotopic (exact) mass is 849 g/mol. The van der Waals surface area contributed by atoms with E-state index >= 15 is 0 Å². The summed E-state index contributed by atoms with van der Waals surface area (Å²) < 4.78 is 22.0. The lowest BCUT2D eigenvalue weighted by molar-refractivity contribution is -0.305. The van der Waals surface area contributed by atoms with Crippen molar-refractivity contribution in [2.75, 3.05) is 19.8 Å². The van der Waals surface area contributed by atoms with Crippen molar-refractivity contribution in [3.63, 3.8) is 0 Å². The molecule has 1 rings (SSSR count). The Balaban J connectivity index is 2.39. The van der Waals surface area contributed by atoms with E-state index in [0.29, 0.717) is 19.3 Å². The molecule has 340 valence electrons. The van der Waals surface area contributed by atoms with Crippen molar-refractivity contribution >= 4 is 11.9 Å². The molecule has 0 radical (unpaired) electrons. The van der Waals surface area contributed by atoms with Gasteiger partial charge in [0.25, 0.3) is 0 Å². The lowest BCUT2D eigenvalue weighted by Gasteiger charge is -2.39. The molecule has 1 fully saturated rings. The molecule has 10 nitrogen and oxygen atoms in total. The smallest absolute Gasteiger partial charge is 0.306 e. The van der Waals surface area contributed by atoms with Gasteiger partial charge in [-0.2, -0.15) is 0 Å². The molecule has 1 aliphatic heterocycles. The summed E-state index contributed by atoms with van der Waals surface area (Å²) in [4.78, 5) is 25.3. The normalized spacial score (nSPS) is 21.0. The predicted octanol–water partition coefficient (Wildman–Crippen LogP) is 9.66. The zero-order valence-corrected chi connectivity index (χ0v) is 36.8. The van der Waals surface area contributed by atoms with Gasteiger partial charge in [0.1, 0.15) is 31.0 Å². The zero-order chi connectivity index (χ0) is 44.4. The fraction of sp³-hybridized carbons (Fsp3) is 0.529. The zero-order valence-electron chi connectivity index (χ0n) is 36.8. The van der Waals surface area contributed by atoms with Crippen molar-refractivity contribution in [3.05, 3.63) is 134 Å². The van der Waals surface area contributed by atoms with Gasteiger partial charge in [-0.15, -0.1) is 0 Å². The van der Waals surface area contributed by atoms with Crippen LogP contribution in [-0.4, -0.2) is 89.0 Å². The van der Waals surface area contributed by atoms with Gasteiger partial charge in [0.2, 0.25) is 0 Å². The standard InChI is InChI=1S/C51H76O10/c1-3-5-7-9-11-13-15-17-18-19-20-21-22-23-24-25-26-28-29-31-33-35-37-39-46(53)58-42-44(43-59-51-50(57)49(56)48(55)45(41-52)61-51)60-47(54)40-38-36-34-32-30-27-16-14-12-10-8-6-4-2/h5-8,10-14,16-18,20-21,23-24,26-28,30-31,33,44-45,48-52,55-57H,3-4,9,15,19,22,25,29,32,34-43H2,1-2H3/b7-5+,8-6+,12-10+,13-11+,16-14+,18-17+,21-20+,24-23+,28-26+,30-27+,33-31+/t44?,45-,48+,49?,50?,51-/m0/s1. The summed E-state index contributed by atoms with van der Waals surface area (Å²) in [6.07, 6.45) is 50.4. The van der Waals surface area contributed by atoms with Crippen molar-refractivity contribution in [1.29, 1.82) is 0 Å². The summed E-state index contributed by atoms with van der Waals surface area (Å²) in [7, 11) is 0. The number of allylic oxidation sites excluding steroid dienone is 22. The predicted molar refractivity (Wildman–Crippen MR) is 246 cm³/mol. The van der Waals surface area contributed by atoms with Gasteiger partial charge in [-0.3, -0.25) is 9.59 Å². The molecule has 0 aliphatic carbocycles. The number of rotatable bonds is 34. The number of hydrogen-bond acceptors (Lipinski definition) is 10. The highest BCUT2D eigenvalue weighted by molar-refractivity contribution is 5.70. The van der Waals surface area contributed by atoms with Crippen LogP contribution in [0.1, 0.15) is 117 Å². The highest BCUT2D eigenvalue weighted by Gasteiger charge is 2.44. The summed E-state index contributed by atoms with van der Waals surface area (Å²) in [6, 6.07) is 0.